The number of carboxylic acid groups (broad SMARTS) is 1. The molecule has 0 aliphatic carbocycles. The van der Waals surface area contributed by atoms with Gasteiger partial charge in [-0.05, 0) is 24.6 Å². The molecule has 0 aromatic heterocycles. The third kappa shape index (κ3) is 2.64. The van der Waals surface area contributed by atoms with Gasteiger partial charge < -0.3 is 5.11 Å². The molecule has 13 heavy (non-hydrogen) atoms. The summed E-state index contributed by atoms with van der Waals surface area (Å²) in [4.78, 5) is 10.6. The Bertz CT molecular complexity index is 369. The third-order valence-corrected chi connectivity index (χ3v) is 1.64. The number of carbonyl (C=O) groups is 1. The molecule has 2 heteroatoms. The van der Waals surface area contributed by atoms with Crippen molar-refractivity contribution in [3.63, 3.8) is 0 Å². The van der Waals surface area contributed by atoms with Crippen LogP contribution in [-0.2, 0) is 6.42 Å². The number of hydrogen-bond donors (Lipinski definition) is 1. The average Bonchev–Trinajstić information content (AvgIpc) is 2.15. The van der Waals surface area contributed by atoms with Gasteiger partial charge >= 0.3 is 5.97 Å². The molecule has 0 bridgehead atoms. The number of aromatic carboxylic acids is 1. The zero-order valence-corrected chi connectivity index (χ0v) is 7.37. The molecule has 1 aromatic carbocycles. The Kier molecular flexibility index (Phi) is 3.10. The predicted molar refractivity (Wildman–Crippen MR) is 50.6 cm³/mol. The molecule has 0 unspecified atom stereocenters. The minimum Gasteiger partial charge on any atom is -0.478 e. The first-order chi connectivity index (χ1) is 6.24. The molecule has 0 aliphatic heterocycles. The molecule has 66 valence electrons. The molecule has 0 atom stereocenters. The fourth-order valence-electron chi connectivity index (χ4n) is 1.00. The van der Waals surface area contributed by atoms with Gasteiger partial charge in [0.2, 0.25) is 0 Å². The maximum absolute atomic E-state index is 10.6. The van der Waals surface area contributed by atoms with E-state index < -0.39 is 5.97 Å². The third-order valence-electron chi connectivity index (χ3n) is 1.64. The second kappa shape index (κ2) is 4.32. The van der Waals surface area contributed by atoms with Gasteiger partial charge in [-0.15, -0.1) is 5.92 Å². The van der Waals surface area contributed by atoms with Crippen LogP contribution < -0.4 is 0 Å². The summed E-state index contributed by atoms with van der Waals surface area (Å²) in [6, 6.07) is 6.82. The Balaban J connectivity index is 2.89. The van der Waals surface area contributed by atoms with Crippen molar-refractivity contribution in [2.24, 2.45) is 0 Å². The van der Waals surface area contributed by atoms with Gasteiger partial charge in [0.05, 0.1) is 5.56 Å². The van der Waals surface area contributed by atoms with Crippen molar-refractivity contribution in [2.45, 2.75) is 13.3 Å². The topological polar surface area (TPSA) is 37.3 Å². The highest BCUT2D eigenvalue weighted by Gasteiger charge is 2.01. The molecule has 0 fully saturated rings. The second-order valence-electron chi connectivity index (χ2n) is 2.61. The van der Waals surface area contributed by atoms with Crippen molar-refractivity contribution < 1.29 is 9.90 Å². The van der Waals surface area contributed by atoms with Crippen molar-refractivity contribution >= 4 is 5.97 Å². The number of carboxylic acids is 1. The van der Waals surface area contributed by atoms with Crippen LogP contribution in [0.25, 0.3) is 0 Å². The Labute approximate surface area is 77.2 Å². The van der Waals surface area contributed by atoms with Crippen molar-refractivity contribution in [1.29, 1.82) is 0 Å². The number of hydrogen-bond acceptors (Lipinski definition) is 1. The van der Waals surface area contributed by atoms with Crippen molar-refractivity contribution in [1.82, 2.24) is 0 Å². The Morgan fingerprint density at radius 1 is 1.54 bits per heavy atom. The summed E-state index contributed by atoms with van der Waals surface area (Å²) in [6.45, 7) is 1.76. The summed E-state index contributed by atoms with van der Waals surface area (Å²) < 4.78 is 0. The Hall–Kier alpha value is -1.75. The van der Waals surface area contributed by atoms with Crippen molar-refractivity contribution in [3.05, 3.63) is 35.4 Å². The quantitative estimate of drug-likeness (QED) is 0.696. The van der Waals surface area contributed by atoms with Crippen LogP contribution in [0.3, 0.4) is 0 Å². The highest BCUT2D eigenvalue weighted by molar-refractivity contribution is 5.87. The lowest BCUT2D eigenvalue weighted by atomic mass is 10.1. The molecule has 1 N–H and O–H groups in total. The predicted octanol–water partition coefficient (Wildman–Crippen LogP) is 1.95. The first-order valence-electron chi connectivity index (χ1n) is 3.96. The van der Waals surface area contributed by atoms with E-state index >= 15 is 0 Å². The fraction of sp³-hybridized carbons (Fsp3) is 0.182. The first-order valence-corrected chi connectivity index (χ1v) is 3.96. The van der Waals surface area contributed by atoms with E-state index in [9.17, 15) is 4.79 Å². The van der Waals surface area contributed by atoms with E-state index in [-0.39, 0.29) is 0 Å². The highest BCUT2D eigenvalue weighted by atomic mass is 16.4. The molecule has 0 heterocycles. The summed E-state index contributed by atoms with van der Waals surface area (Å²) in [7, 11) is 0. The zero-order chi connectivity index (χ0) is 9.68. The molecule has 2 nitrogen and oxygen atoms in total. The average molecular weight is 174 g/mol. The van der Waals surface area contributed by atoms with Crippen LogP contribution in [0.15, 0.2) is 24.3 Å². The van der Waals surface area contributed by atoms with Crippen molar-refractivity contribution in [3.8, 4) is 11.8 Å². The van der Waals surface area contributed by atoms with Crippen molar-refractivity contribution in [2.75, 3.05) is 0 Å². The molecule has 0 spiro atoms. The maximum Gasteiger partial charge on any atom is 0.335 e. The SMILES string of the molecule is CC#CCc1cccc(C(=O)O)c1. The van der Waals surface area contributed by atoms with Crippen LogP contribution in [0.1, 0.15) is 22.8 Å². The minimum atomic E-state index is -0.897. The zero-order valence-electron chi connectivity index (χ0n) is 7.37. The molecule has 1 aromatic rings. The van der Waals surface area contributed by atoms with E-state index in [1.165, 1.54) is 0 Å². The summed E-state index contributed by atoms with van der Waals surface area (Å²) >= 11 is 0. The van der Waals surface area contributed by atoms with Gasteiger partial charge in [0, 0.05) is 6.42 Å². The normalized spacial score (nSPS) is 8.69. The summed E-state index contributed by atoms with van der Waals surface area (Å²) in [5.74, 6) is 4.76. The fourth-order valence-corrected chi connectivity index (χ4v) is 1.00. The van der Waals surface area contributed by atoms with Gasteiger partial charge in [-0.3, -0.25) is 0 Å². The second-order valence-corrected chi connectivity index (χ2v) is 2.61. The molecule has 0 aliphatic rings. The highest BCUT2D eigenvalue weighted by Crippen LogP contribution is 2.05. The Morgan fingerprint density at radius 2 is 2.31 bits per heavy atom. The van der Waals surface area contributed by atoms with E-state index in [2.05, 4.69) is 11.8 Å². The molecule has 0 radical (unpaired) electrons. The lowest BCUT2D eigenvalue weighted by Crippen LogP contribution is -1.96. The van der Waals surface area contributed by atoms with Gasteiger partial charge in [-0.2, -0.15) is 0 Å². The first kappa shape index (κ1) is 9.34. The largest absolute Gasteiger partial charge is 0.478 e. The van der Waals surface area contributed by atoms with E-state index in [4.69, 9.17) is 5.11 Å². The number of rotatable bonds is 2. The van der Waals surface area contributed by atoms with E-state index in [0.717, 1.165) is 5.56 Å². The Morgan fingerprint density at radius 3 is 2.92 bits per heavy atom. The van der Waals surface area contributed by atoms with Crippen LogP contribution in [0, 0.1) is 11.8 Å². The van der Waals surface area contributed by atoms with E-state index in [0.29, 0.717) is 12.0 Å². The van der Waals surface area contributed by atoms with Gasteiger partial charge in [0.1, 0.15) is 0 Å². The minimum absolute atomic E-state index is 0.315. The van der Waals surface area contributed by atoms with Crippen LogP contribution in [0.4, 0.5) is 0 Å². The molecular weight excluding hydrogens is 164 g/mol. The van der Waals surface area contributed by atoms with Crippen LogP contribution in [-0.4, -0.2) is 11.1 Å². The van der Waals surface area contributed by atoms with E-state index in [1.54, 1.807) is 25.1 Å². The smallest absolute Gasteiger partial charge is 0.335 e. The lowest BCUT2D eigenvalue weighted by Gasteiger charge is -1.97. The monoisotopic (exact) mass is 174 g/mol. The molecule has 0 saturated carbocycles. The van der Waals surface area contributed by atoms with Crippen LogP contribution in [0.2, 0.25) is 0 Å². The molecule has 1 rings (SSSR count). The van der Waals surface area contributed by atoms with Gasteiger partial charge in [0.25, 0.3) is 0 Å². The van der Waals surface area contributed by atoms with E-state index in [1.807, 2.05) is 6.07 Å². The molecule has 0 amide bonds. The van der Waals surface area contributed by atoms with Crippen LogP contribution >= 0.6 is 0 Å². The number of benzene rings is 1. The van der Waals surface area contributed by atoms with Gasteiger partial charge in [-0.1, -0.05) is 18.1 Å². The standard InChI is InChI=1S/C11H10O2/c1-2-3-5-9-6-4-7-10(8-9)11(12)13/h4,6-8H,5H2,1H3,(H,12,13). The van der Waals surface area contributed by atoms with Crippen LogP contribution in [0.5, 0.6) is 0 Å². The molecule has 0 saturated heterocycles. The lowest BCUT2D eigenvalue weighted by molar-refractivity contribution is 0.0697. The maximum atomic E-state index is 10.6. The summed E-state index contributed by atoms with van der Waals surface area (Å²) in [5, 5.41) is 8.70. The summed E-state index contributed by atoms with van der Waals surface area (Å²) in [6.07, 6.45) is 0.609. The van der Waals surface area contributed by atoms with Gasteiger partial charge in [0.15, 0.2) is 0 Å². The van der Waals surface area contributed by atoms with Gasteiger partial charge in [-0.25, -0.2) is 4.79 Å². The molecular formula is C11H10O2. The summed E-state index contributed by atoms with van der Waals surface area (Å²) in [5.41, 5.74) is 1.25.